The monoisotopic (exact) mass is 421 g/mol. The maximum Gasteiger partial charge on any atom is 0.218 e. The number of thioether (sulfide) groups is 1. The van der Waals surface area contributed by atoms with Gasteiger partial charge in [0.15, 0.2) is 0 Å². The molecule has 3 aromatic rings. The molecule has 0 fully saturated rings. The third-order valence-corrected chi connectivity index (χ3v) is 5.67. The molecule has 4 rings (SSSR count). The van der Waals surface area contributed by atoms with Crippen LogP contribution in [0.1, 0.15) is 35.9 Å². The standard InChI is InChI=1S/C22H20FN5OS/c1-14-18(9-10-29-24-13-22-25-27-28-26-22)21-12-16(23)5-8-19(21)20(14)11-15-3-6-17(30-2)7-4-15/h3-8,11-13H,9-10H2,1-2H3,(H,25,26,27,28)/b20-11-,24-13?. The van der Waals surface area contributed by atoms with Crippen molar-refractivity contribution in [2.24, 2.45) is 5.16 Å². The van der Waals surface area contributed by atoms with Crippen LogP contribution in [0.3, 0.4) is 0 Å². The Balaban J connectivity index is 1.56. The Kier molecular flexibility index (Phi) is 6.04. The minimum atomic E-state index is -0.249. The molecule has 0 spiro atoms. The van der Waals surface area contributed by atoms with Crippen LogP contribution in [-0.4, -0.2) is 39.7 Å². The van der Waals surface area contributed by atoms with Crippen LogP contribution in [0.25, 0.3) is 17.2 Å². The molecule has 1 aliphatic rings. The summed E-state index contributed by atoms with van der Waals surface area (Å²) in [4.78, 5) is 6.56. The normalized spacial score (nSPS) is 14.7. The van der Waals surface area contributed by atoms with E-state index in [2.05, 4.69) is 69.3 Å². The van der Waals surface area contributed by atoms with Crippen molar-refractivity contribution in [3.63, 3.8) is 0 Å². The number of aromatic amines is 1. The quantitative estimate of drug-likeness (QED) is 0.256. The number of tetrazole rings is 1. The van der Waals surface area contributed by atoms with Crippen LogP contribution in [0.4, 0.5) is 4.39 Å². The van der Waals surface area contributed by atoms with Crippen LogP contribution in [0, 0.1) is 5.82 Å². The second kappa shape index (κ2) is 9.04. The minimum absolute atomic E-state index is 0.249. The summed E-state index contributed by atoms with van der Waals surface area (Å²) < 4.78 is 14.0. The van der Waals surface area contributed by atoms with Crippen molar-refractivity contribution in [1.82, 2.24) is 20.6 Å². The van der Waals surface area contributed by atoms with Crippen LogP contribution in [0.15, 0.2) is 58.1 Å². The van der Waals surface area contributed by atoms with Gasteiger partial charge in [-0.25, -0.2) is 4.39 Å². The Morgan fingerprint density at radius 1 is 1.17 bits per heavy atom. The van der Waals surface area contributed by atoms with Gasteiger partial charge in [0.2, 0.25) is 5.82 Å². The van der Waals surface area contributed by atoms with Gasteiger partial charge in [0.05, 0.1) is 0 Å². The van der Waals surface area contributed by atoms with Crippen molar-refractivity contribution in [2.75, 3.05) is 12.9 Å². The predicted octanol–water partition coefficient (Wildman–Crippen LogP) is 4.83. The number of fused-ring (bicyclic) bond motifs is 1. The van der Waals surface area contributed by atoms with Gasteiger partial charge in [-0.3, -0.25) is 0 Å². The summed E-state index contributed by atoms with van der Waals surface area (Å²) in [6.07, 6.45) is 6.20. The molecule has 0 amide bonds. The Labute approximate surface area is 177 Å². The van der Waals surface area contributed by atoms with Gasteiger partial charge in [0.25, 0.3) is 0 Å². The first-order valence-corrected chi connectivity index (χ1v) is 10.6. The molecule has 0 saturated heterocycles. The fourth-order valence-corrected chi connectivity index (χ4v) is 3.86. The minimum Gasteiger partial charge on any atom is -0.395 e. The lowest BCUT2D eigenvalue weighted by atomic mass is 10.0. The predicted molar refractivity (Wildman–Crippen MR) is 117 cm³/mol. The SMILES string of the molecule is CSc1ccc(/C=C2/C(C)=C(CCON=Cc3nn[nH]n3)c3cc(F)ccc32)cc1. The van der Waals surface area contributed by atoms with Crippen molar-refractivity contribution in [1.29, 1.82) is 0 Å². The van der Waals surface area contributed by atoms with E-state index in [-0.39, 0.29) is 5.82 Å². The van der Waals surface area contributed by atoms with Gasteiger partial charge in [-0.15, -0.1) is 22.0 Å². The highest BCUT2D eigenvalue weighted by atomic mass is 32.2. The number of hydrogen-bond acceptors (Lipinski definition) is 6. The molecule has 1 aromatic heterocycles. The van der Waals surface area contributed by atoms with E-state index in [1.165, 1.54) is 17.2 Å². The first-order chi connectivity index (χ1) is 14.7. The molecule has 152 valence electrons. The average molecular weight is 422 g/mol. The van der Waals surface area contributed by atoms with Crippen molar-refractivity contribution in [3.05, 3.63) is 76.4 Å². The first-order valence-electron chi connectivity index (χ1n) is 9.40. The zero-order valence-corrected chi connectivity index (χ0v) is 17.4. The highest BCUT2D eigenvalue weighted by molar-refractivity contribution is 7.98. The number of halogens is 1. The van der Waals surface area contributed by atoms with Gasteiger partial charge in [-0.1, -0.05) is 23.4 Å². The summed E-state index contributed by atoms with van der Waals surface area (Å²) in [6, 6.07) is 13.4. The third kappa shape index (κ3) is 4.33. The first kappa shape index (κ1) is 20.0. The fraction of sp³-hybridized carbons (Fsp3) is 0.182. The van der Waals surface area contributed by atoms with Crippen molar-refractivity contribution in [3.8, 4) is 0 Å². The number of hydrogen-bond donors (Lipinski definition) is 1. The molecule has 0 saturated carbocycles. The van der Waals surface area contributed by atoms with E-state index in [1.807, 2.05) is 6.07 Å². The van der Waals surface area contributed by atoms with Gasteiger partial charge in [0.1, 0.15) is 18.6 Å². The highest BCUT2D eigenvalue weighted by Gasteiger charge is 2.24. The summed E-state index contributed by atoms with van der Waals surface area (Å²) >= 11 is 1.71. The molecule has 6 nitrogen and oxygen atoms in total. The van der Waals surface area contributed by atoms with E-state index in [0.29, 0.717) is 18.9 Å². The number of allylic oxidation sites excluding steroid dienone is 2. The van der Waals surface area contributed by atoms with Gasteiger partial charge in [0, 0.05) is 11.3 Å². The van der Waals surface area contributed by atoms with E-state index in [1.54, 1.807) is 17.8 Å². The highest BCUT2D eigenvalue weighted by Crippen LogP contribution is 2.43. The summed E-state index contributed by atoms with van der Waals surface area (Å²) in [5.74, 6) is 0.0945. The molecule has 0 radical (unpaired) electrons. The lowest BCUT2D eigenvalue weighted by Gasteiger charge is -2.05. The summed E-state index contributed by atoms with van der Waals surface area (Å²) in [5, 5.41) is 17.2. The molecule has 2 aromatic carbocycles. The molecule has 8 heteroatoms. The number of nitrogens with one attached hydrogen (secondary N) is 1. The molecule has 0 aliphatic heterocycles. The van der Waals surface area contributed by atoms with Crippen molar-refractivity contribution >= 4 is 35.2 Å². The van der Waals surface area contributed by atoms with Crippen LogP contribution in [0.2, 0.25) is 0 Å². The maximum absolute atomic E-state index is 14.0. The smallest absolute Gasteiger partial charge is 0.218 e. The van der Waals surface area contributed by atoms with Crippen LogP contribution in [-0.2, 0) is 4.84 Å². The van der Waals surface area contributed by atoms with Gasteiger partial charge < -0.3 is 4.84 Å². The molecule has 0 atom stereocenters. The summed E-state index contributed by atoms with van der Waals surface area (Å²) in [6.45, 7) is 2.42. The van der Waals surface area contributed by atoms with Crippen molar-refractivity contribution < 1.29 is 9.23 Å². The van der Waals surface area contributed by atoms with E-state index in [4.69, 9.17) is 4.84 Å². The van der Waals surface area contributed by atoms with Crippen LogP contribution >= 0.6 is 11.8 Å². The molecule has 30 heavy (non-hydrogen) atoms. The Bertz CT molecular complexity index is 1120. The lowest BCUT2D eigenvalue weighted by molar-refractivity contribution is 0.152. The van der Waals surface area contributed by atoms with Crippen LogP contribution in [0.5, 0.6) is 0 Å². The number of rotatable bonds is 7. The largest absolute Gasteiger partial charge is 0.395 e. The van der Waals surface area contributed by atoms with E-state index >= 15 is 0 Å². The molecule has 0 bridgehead atoms. The third-order valence-electron chi connectivity index (χ3n) is 4.93. The molecular weight excluding hydrogens is 401 g/mol. The van der Waals surface area contributed by atoms with Gasteiger partial charge in [-0.2, -0.15) is 5.21 Å². The van der Waals surface area contributed by atoms with E-state index in [0.717, 1.165) is 33.4 Å². The number of oxime groups is 1. The fourth-order valence-electron chi connectivity index (χ4n) is 3.45. The number of aromatic nitrogens is 4. The summed E-state index contributed by atoms with van der Waals surface area (Å²) in [7, 11) is 0. The molecule has 1 heterocycles. The second-order valence-electron chi connectivity index (χ2n) is 6.71. The molecule has 0 unspecified atom stereocenters. The molecular formula is C22H20FN5OS. The summed E-state index contributed by atoms with van der Waals surface area (Å²) in [5.41, 5.74) is 6.34. The van der Waals surface area contributed by atoms with Crippen LogP contribution < -0.4 is 0 Å². The number of benzene rings is 2. The Morgan fingerprint density at radius 3 is 2.73 bits per heavy atom. The Hall–Kier alpha value is -3.26. The molecule has 1 aliphatic carbocycles. The molecule has 1 N–H and O–H groups in total. The maximum atomic E-state index is 14.0. The van der Waals surface area contributed by atoms with Crippen molar-refractivity contribution in [2.45, 2.75) is 18.2 Å². The van der Waals surface area contributed by atoms with E-state index < -0.39 is 0 Å². The zero-order valence-electron chi connectivity index (χ0n) is 16.6. The Morgan fingerprint density at radius 2 is 2.00 bits per heavy atom. The average Bonchev–Trinajstić information content (AvgIpc) is 3.36. The van der Waals surface area contributed by atoms with Gasteiger partial charge in [-0.05, 0) is 82.1 Å². The zero-order chi connectivity index (χ0) is 20.9. The van der Waals surface area contributed by atoms with Gasteiger partial charge >= 0.3 is 0 Å². The number of nitrogens with zero attached hydrogens (tertiary/aromatic N) is 4. The van der Waals surface area contributed by atoms with E-state index in [9.17, 15) is 4.39 Å². The lowest BCUT2D eigenvalue weighted by Crippen LogP contribution is -1.94. The topological polar surface area (TPSA) is 76.1 Å². The second-order valence-corrected chi connectivity index (χ2v) is 7.59. The number of H-pyrrole nitrogens is 1.